The van der Waals surface area contributed by atoms with Crippen LogP contribution in [0.5, 0.6) is 0 Å². The molecule has 1 unspecified atom stereocenters. The first kappa shape index (κ1) is 15.1. The van der Waals surface area contributed by atoms with Crippen molar-refractivity contribution in [3.63, 3.8) is 0 Å². The number of hydrogen-bond acceptors (Lipinski definition) is 4. The molecule has 0 spiro atoms. The summed E-state index contributed by atoms with van der Waals surface area (Å²) in [5, 5.41) is 22.3. The minimum atomic E-state index is -1.83. The van der Waals surface area contributed by atoms with Gasteiger partial charge in [0.05, 0.1) is 0 Å². The molecule has 0 rings (SSSR count). The van der Waals surface area contributed by atoms with Crippen molar-refractivity contribution in [3.05, 3.63) is 0 Å². The van der Waals surface area contributed by atoms with Crippen LogP contribution in [0.15, 0.2) is 0 Å². The van der Waals surface area contributed by atoms with Crippen molar-refractivity contribution in [1.29, 1.82) is 0 Å². The van der Waals surface area contributed by atoms with Crippen LogP contribution in [0.25, 0.3) is 0 Å². The van der Waals surface area contributed by atoms with Crippen molar-refractivity contribution in [3.8, 4) is 0 Å². The van der Waals surface area contributed by atoms with E-state index < -0.39 is 18.2 Å². The van der Waals surface area contributed by atoms with E-state index in [0.717, 1.165) is 12.8 Å². The molecule has 7 nitrogen and oxygen atoms in total. The van der Waals surface area contributed by atoms with Gasteiger partial charge in [0.25, 0.3) is 0 Å². The maximum absolute atomic E-state index is 10.1. The number of hydrogen-bond donors (Lipinski definition) is 5. The Kier molecular flexibility index (Phi) is 10.5. The molecule has 0 saturated heterocycles. The van der Waals surface area contributed by atoms with Crippen molar-refractivity contribution in [2.45, 2.75) is 25.3 Å². The first-order valence-corrected chi connectivity index (χ1v) is 4.02. The normalized spacial score (nSPS) is 11.0. The van der Waals surface area contributed by atoms with Gasteiger partial charge in [-0.15, -0.1) is 0 Å². The van der Waals surface area contributed by atoms with Gasteiger partial charge in [-0.25, -0.2) is 4.79 Å². The molecule has 7 N–H and O–H groups in total. The Morgan fingerprint density at radius 1 is 1.14 bits per heavy atom. The first-order chi connectivity index (χ1) is 6.41. The van der Waals surface area contributed by atoms with Gasteiger partial charge in [0, 0.05) is 0 Å². The van der Waals surface area contributed by atoms with Gasteiger partial charge in [0.15, 0.2) is 0 Å². The van der Waals surface area contributed by atoms with Crippen LogP contribution in [-0.4, -0.2) is 40.0 Å². The molecule has 0 heterocycles. The van der Waals surface area contributed by atoms with E-state index in [9.17, 15) is 4.79 Å². The molecule has 0 aliphatic heterocycles. The van der Waals surface area contributed by atoms with Gasteiger partial charge in [0.1, 0.15) is 6.04 Å². The fourth-order valence-corrected chi connectivity index (χ4v) is 0.632. The minimum Gasteiger partial charge on any atom is -0.480 e. The third-order valence-corrected chi connectivity index (χ3v) is 1.29. The van der Waals surface area contributed by atoms with Crippen molar-refractivity contribution in [2.24, 2.45) is 11.5 Å². The van der Waals surface area contributed by atoms with Crippen LogP contribution in [-0.2, 0) is 4.79 Å². The molecule has 0 aliphatic carbocycles. The summed E-state index contributed by atoms with van der Waals surface area (Å²) < 4.78 is 0. The van der Waals surface area contributed by atoms with E-state index in [1.807, 2.05) is 0 Å². The average molecular weight is 208 g/mol. The highest BCUT2D eigenvalue weighted by Crippen LogP contribution is 1.96. The number of aliphatic carboxylic acids is 1. The molecule has 0 amide bonds. The molecular formula is C7H16N2O5. The molecule has 0 aromatic carbocycles. The van der Waals surface area contributed by atoms with Crippen LogP contribution in [0.2, 0.25) is 0 Å². The molecule has 7 heteroatoms. The number of nitrogens with two attached hydrogens (primary N) is 2. The van der Waals surface area contributed by atoms with E-state index in [1.165, 1.54) is 0 Å². The van der Waals surface area contributed by atoms with E-state index >= 15 is 0 Å². The number of rotatable bonds is 5. The highest BCUT2D eigenvalue weighted by molar-refractivity contribution is 5.72. The average Bonchev–Trinajstić information content (AvgIpc) is 2.03. The highest BCUT2D eigenvalue weighted by atomic mass is 16.6. The van der Waals surface area contributed by atoms with Crippen molar-refractivity contribution in [1.82, 2.24) is 0 Å². The van der Waals surface area contributed by atoms with Crippen LogP contribution in [0.3, 0.4) is 0 Å². The molecule has 14 heavy (non-hydrogen) atoms. The lowest BCUT2D eigenvalue weighted by atomic mass is 10.1. The fourth-order valence-electron chi connectivity index (χ4n) is 0.632. The Hall–Kier alpha value is -1.34. The molecule has 84 valence electrons. The van der Waals surface area contributed by atoms with Crippen LogP contribution in [0.1, 0.15) is 19.3 Å². The molecule has 0 saturated carbocycles. The second kappa shape index (κ2) is 9.75. The Morgan fingerprint density at radius 2 is 1.57 bits per heavy atom. The van der Waals surface area contributed by atoms with Gasteiger partial charge in [0.2, 0.25) is 0 Å². The van der Waals surface area contributed by atoms with E-state index in [4.69, 9.17) is 31.6 Å². The predicted octanol–water partition coefficient (Wildman–Crippen LogP) is -0.250. The summed E-state index contributed by atoms with van der Waals surface area (Å²) in [7, 11) is 0. The van der Waals surface area contributed by atoms with Gasteiger partial charge >= 0.3 is 12.1 Å². The Morgan fingerprint density at radius 3 is 1.86 bits per heavy atom. The number of carbonyl (C=O) groups is 2. The molecule has 0 bridgehead atoms. The number of unbranched alkanes of at least 4 members (excludes halogenated alkanes) is 1. The predicted molar refractivity (Wildman–Crippen MR) is 49.2 cm³/mol. The Bertz CT molecular complexity index is 169. The zero-order valence-corrected chi connectivity index (χ0v) is 7.72. The second-order valence-electron chi connectivity index (χ2n) is 2.51. The molecule has 0 fully saturated rings. The van der Waals surface area contributed by atoms with Gasteiger partial charge < -0.3 is 26.8 Å². The maximum atomic E-state index is 10.1. The van der Waals surface area contributed by atoms with Gasteiger partial charge in [-0.2, -0.15) is 0 Å². The molecular weight excluding hydrogens is 192 g/mol. The van der Waals surface area contributed by atoms with Gasteiger partial charge in [-0.1, -0.05) is 6.42 Å². The van der Waals surface area contributed by atoms with Crippen molar-refractivity contribution < 1.29 is 24.9 Å². The minimum absolute atomic E-state index is 0.520. The standard InChI is InChI=1S/C6H14N2O2.CH2O3/c7-4-2-1-3-5(8)6(9)10;2-1(3)4/h5H,1-4,7-8H2,(H,9,10);(H2,2,3,4). The zero-order valence-electron chi connectivity index (χ0n) is 7.72. The third-order valence-electron chi connectivity index (χ3n) is 1.29. The highest BCUT2D eigenvalue weighted by Gasteiger charge is 2.09. The summed E-state index contributed by atoms with van der Waals surface area (Å²) in [5.74, 6) is -0.933. The SMILES string of the molecule is NCCCCC(N)C(=O)O.O=C(O)O. The van der Waals surface area contributed by atoms with Crippen LogP contribution in [0.4, 0.5) is 4.79 Å². The van der Waals surface area contributed by atoms with Gasteiger partial charge in [-0.3, -0.25) is 4.79 Å². The molecule has 1 atom stereocenters. The topological polar surface area (TPSA) is 147 Å². The van der Waals surface area contributed by atoms with Crippen LogP contribution < -0.4 is 11.5 Å². The molecule has 0 radical (unpaired) electrons. The summed E-state index contributed by atoms with van der Waals surface area (Å²) in [6.45, 7) is 0.604. The molecule has 0 aliphatic rings. The lowest BCUT2D eigenvalue weighted by molar-refractivity contribution is -0.138. The zero-order chi connectivity index (χ0) is 11.6. The lowest BCUT2D eigenvalue weighted by Gasteiger charge is -2.03. The maximum Gasteiger partial charge on any atom is 0.503 e. The smallest absolute Gasteiger partial charge is 0.480 e. The fraction of sp³-hybridized carbons (Fsp3) is 0.714. The second-order valence-corrected chi connectivity index (χ2v) is 2.51. The summed E-state index contributed by atoms with van der Waals surface area (Å²) in [6.07, 6.45) is 0.331. The third kappa shape index (κ3) is 17.0. The summed E-state index contributed by atoms with van der Waals surface area (Å²) in [4.78, 5) is 18.7. The van der Waals surface area contributed by atoms with Crippen molar-refractivity contribution in [2.75, 3.05) is 6.54 Å². The quantitative estimate of drug-likeness (QED) is 0.391. The lowest BCUT2D eigenvalue weighted by Crippen LogP contribution is -2.29. The summed E-state index contributed by atoms with van der Waals surface area (Å²) >= 11 is 0. The van der Waals surface area contributed by atoms with Crippen LogP contribution >= 0.6 is 0 Å². The van der Waals surface area contributed by atoms with Crippen molar-refractivity contribution >= 4 is 12.1 Å². The Labute approximate surface area is 81.3 Å². The largest absolute Gasteiger partial charge is 0.503 e. The monoisotopic (exact) mass is 208 g/mol. The summed E-state index contributed by atoms with van der Waals surface area (Å²) in [6, 6.07) is -0.716. The Balaban J connectivity index is 0. The van der Waals surface area contributed by atoms with Gasteiger partial charge in [-0.05, 0) is 19.4 Å². The number of carboxylic acid groups (broad SMARTS) is 3. The number of carboxylic acids is 1. The van der Waals surface area contributed by atoms with E-state index in [0.29, 0.717) is 13.0 Å². The molecule has 0 aromatic heterocycles. The van der Waals surface area contributed by atoms with E-state index in [-0.39, 0.29) is 0 Å². The first-order valence-electron chi connectivity index (χ1n) is 4.02. The van der Waals surface area contributed by atoms with E-state index in [2.05, 4.69) is 0 Å². The van der Waals surface area contributed by atoms with E-state index in [1.54, 1.807) is 0 Å². The molecule has 0 aromatic rings. The summed E-state index contributed by atoms with van der Waals surface area (Å²) in [5.41, 5.74) is 10.4. The van der Waals surface area contributed by atoms with Crippen LogP contribution in [0, 0.1) is 0 Å².